The van der Waals surface area contributed by atoms with Gasteiger partial charge in [0.05, 0.1) is 0 Å². The third-order valence-electron chi connectivity index (χ3n) is 1.35. The summed E-state index contributed by atoms with van der Waals surface area (Å²) < 4.78 is 0. The molecule has 0 aromatic rings. The lowest BCUT2D eigenvalue weighted by Gasteiger charge is -2.00. The van der Waals surface area contributed by atoms with E-state index in [0.29, 0.717) is 12.3 Å². The number of rotatable bonds is 5. The predicted octanol–water partition coefficient (Wildman–Crippen LogP) is 1.47. The third-order valence-corrected chi connectivity index (χ3v) is 1.35. The molecular formula is C8H14O3. The molecule has 3 heteroatoms. The van der Waals surface area contributed by atoms with E-state index in [2.05, 4.69) is 0 Å². The molecule has 0 heterocycles. The molecule has 0 aromatic carbocycles. The minimum absolute atomic E-state index is 0.175. The Hall–Kier alpha value is -0.860. The van der Waals surface area contributed by atoms with Crippen molar-refractivity contribution >= 4 is 11.8 Å². The SMILES string of the molecule is CC(C)CCC(=O)CC(=O)O. The molecule has 0 saturated carbocycles. The standard InChI is InChI=1S/C8H14O3/c1-6(2)3-4-7(9)5-8(10)11/h6H,3-5H2,1-2H3,(H,10,11). The Labute approximate surface area is 66.4 Å². The minimum atomic E-state index is -1.03. The van der Waals surface area contributed by atoms with Crippen LogP contribution in [-0.2, 0) is 9.59 Å². The fourth-order valence-electron chi connectivity index (χ4n) is 0.707. The van der Waals surface area contributed by atoms with Crippen LogP contribution in [0.2, 0.25) is 0 Å². The second-order valence-corrected chi connectivity index (χ2v) is 3.04. The van der Waals surface area contributed by atoms with E-state index in [4.69, 9.17) is 5.11 Å². The molecule has 0 aliphatic carbocycles. The Kier molecular flexibility index (Phi) is 4.50. The average molecular weight is 158 g/mol. The highest BCUT2D eigenvalue weighted by Crippen LogP contribution is 2.04. The number of Topliss-reactive ketones (excluding diaryl/α,β-unsaturated/α-hetero) is 1. The molecule has 0 aliphatic rings. The van der Waals surface area contributed by atoms with E-state index in [1.165, 1.54) is 0 Å². The summed E-state index contributed by atoms with van der Waals surface area (Å²) in [7, 11) is 0. The predicted molar refractivity (Wildman–Crippen MR) is 41.3 cm³/mol. The van der Waals surface area contributed by atoms with Crippen LogP contribution >= 0.6 is 0 Å². The lowest BCUT2D eigenvalue weighted by atomic mass is 10.0. The third kappa shape index (κ3) is 7.03. The lowest BCUT2D eigenvalue weighted by molar-refractivity contribution is -0.140. The maximum absolute atomic E-state index is 10.8. The molecule has 64 valence electrons. The van der Waals surface area contributed by atoms with Crippen LogP contribution in [0.1, 0.15) is 33.1 Å². The topological polar surface area (TPSA) is 54.4 Å². The molecule has 0 fully saturated rings. The van der Waals surface area contributed by atoms with Crippen molar-refractivity contribution in [1.29, 1.82) is 0 Å². The summed E-state index contributed by atoms with van der Waals surface area (Å²) in [6.45, 7) is 4.02. The maximum atomic E-state index is 10.8. The Bertz CT molecular complexity index is 149. The fourth-order valence-corrected chi connectivity index (χ4v) is 0.707. The number of carbonyl (C=O) groups excluding carboxylic acids is 1. The van der Waals surface area contributed by atoms with Gasteiger partial charge in [-0.3, -0.25) is 9.59 Å². The summed E-state index contributed by atoms with van der Waals surface area (Å²) in [5.74, 6) is -0.738. The van der Waals surface area contributed by atoms with Gasteiger partial charge >= 0.3 is 5.97 Å². The molecule has 0 rings (SSSR count). The van der Waals surface area contributed by atoms with E-state index in [1.807, 2.05) is 13.8 Å². The van der Waals surface area contributed by atoms with Crippen molar-refractivity contribution in [2.75, 3.05) is 0 Å². The minimum Gasteiger partial charge on any atom is -0.481 e. The van der Waals surface area contributed by atoms with Crippen LogP contribution in [-0.4, -0.2) is 16.9 Å². The molecular weight excluding hydrogens is 144 g/mol. The summed E-state index contributed by atoms with van der Waals surface area (Å²) in [5, 5.41) is 8.23. The normalized spacial score (nSPS) is 10.1. The highest BCUT2D eigenvalue weighted by molar-refractivity contribution is 5.94. The van der Waals surface area contributed by atoms with Gasteiger partial charge in [0, 0.05) is 6.42 Å². The molecule has 11 heavy (non-hydrogen) atoms. The number of hydrogen-bond donors (Lipinski definition) is 1. The van der Waals surface area contributed by atoms with Crippen LogP contribution in [0.4, 0.5) is 0 Å². The number of carboxylic acid groups (broad SMARTS) is 1. The first kappa shape index (κ1) is 10.1. The van der Waals surface area contributed by atoms with Gasteiger partial charge in [-0.05, 0) is 12.3 Å². The van der Waals surface area contributed by atoms with Crippen LogP contribution in [0, 0.1) is 5.92 Å². The van der Waals surface area contributed by atoms with Crippen molar-refractivity contribution in [2.45, 2.75) is 33.1 Å². The first-order valence-electron chi connectivity index (χ1n) is 3.76. The van der Waals surface area contributed by atoms with E-state index in [9.17, 15) is 9.59 Å². The van der Waals surface area contributed by atoms with Crippen molar-refractivity contribution < 1.29 is 14.7 Å². The molecule has 1 N–H and O–H groups in total. The molecule has 0 atom stereocenters. The maximum Gasteiger partial charge on any atom is 0.310 e. The van der Waals surface area contributed by atoms with E-state index in [-0.39, 0.29) is 12.2 Å². The smallest absolute Gasteiger partial charge is 0.310 e. The van der Waals surface area contributed by atoms with Crippen molar-refractivity contribution in [1.82, 2.24) is 0 Å². The van der Waals surface area contributed by atoms with Gasteiger partial charge in [0.1, 0.15) is 12.2 Å². The number of hydrogen-bond acceptors (Lipinski definition) is 2. The zero-order valence-corrected chi connectivity index (χ0v) is 6.96. The Balaban J connectivity index is 3.46. The Morgan fingerprint density at radius 3 is 2.27 bits per heavy atom. The van der Waals surface area contributed by atoms with Crippen LogP contribution in [0.25, 0.3) is 0 Å². The van der Waals surface area contributed by atoms with Crippen LogP contribution in [0.5, 0.6) is 0 Å². The van der Waals surface area contributed by atoms with Gasteiger partial charge in [0.2, 0.25) is 0 Å². The van der Waals surface area contributed by atoms with Crippen molar-refractivity contribution in [2.24, 2.45) is 5.92 Å². The van der Waals surface area contributed by atoms with Crippen LogP contribution in [0.15, 0.2) is 0 Å². The molecule has 0 amide bonds. The van der Waals surface area contributed by atoms with Crippen LogP contribution in [0.3, 0.4) is 0 Å². The molecule has 0 unspecified atom stereocenters. The summed E-state index contributed by atoms with van der Waals surface area (Å²) in [6, 6.07) is 0. The van der Waals surface area contributed by atoms with Gasteiger partial charge in [0.25, 0.3) is 0 Å². The highest BCUT2D eigenvalue weighted by atomic mass is 16.4. The Morgan fingerprint density at radius 2 is 1.91 bits per heavy atom. The highest BCUT2D eigenvalue weighted by Gasteiger charge is 2.07. The van der Waals surface area contributed by atoms with Crippen molar-refractivity contribution in [3.63, 3.8) is 0 Å². The zero-order chi connectivity index (χ0) is 8.85. The number of carboxylic acids is 1. The molecule has 3 nitrogen and oxygen atoms in total. The van der Waals surface area contributed by atoms with Crippen molar-refractivity contribution in [3.05, 3.63) is 0 Å². The van der Waals surface area contributed by atoms with E-state index in [1.54, 1.807) is 0 Å². The zero-order valence-electron chi connectivity index (χ0n) is 6.96. The summed E-state index contributed by atoms with van der Waals surface area (Å²) in [6.07, 6.45) is 0.850. The molecule has 0 aromatic heterocycles. The van der Waals surface area contributed by atoms with Gasteiger partial charge < -0.3 is 5.11 Å². The van der Waals surface area contributed by atoms with E-state index >= 15 is 0 Å². The molecule has 0 bridgehead atoms. The summed E-state index contributed by atoms with van der Waals surface area (Å²) in [5.41, 5.74) is 0. The molecule has 0 aliphatic heterocycles. The van der Waals surface area contributed by atoms with Gasteiger partial charge in [-0.25, -0.2) is 0 Å². The van der Waals surface area contributed by atoms with Gasteiger partial charge in [-0.15, -0.1) is 0 Å². The fraction of sp³-hybridized carbons (Fsp3) is 0.750. The quantitative estimate of drug-likeness (QED) is 0.616. The van der Waals surface area contributed by atoms with Gasteiger partial charge in [-0.2, -0.15) is 0 Å². The monoisotopic (exact) mass is 158 g/mol. The molecule has 0 saturated heterocycles. The van der Waals surface area contributed by atoms with Crippen molar-refractivity contribution in [3.8, 4) is 0 Å². The average Bonchev–Trinajstić information content (AvgIpc) is 1.82. The molecule has 0 radical (unpaired) electrons. The largest absolute Gasteiger partial charge is 0.481 e. The Morgan fingerprint density at radius 1 is 1.36 bits per heavy atom. The molecule has 0 spiro atoms. The summed E-state index contributed by atoms with van der Waals surface area (Å²) >= 11 is 0. The van der Waals surface area contributed by atoms with E-state index in [0.717, 1.165) is 6.42 Å². The summed E-state index contributed by atoms with van der Waals surface area (Å²) in [4.78, 5) is 20.8. The first-order valence-corrected chi connectivity index (χ1v) is 3.76. The first-order chi connectivity index (χ1) is 5.02. The second-order valence-electron chi connectivity index (χ2n) is 3.04. The number of carbonyl (C=O) groups is 2. The van der Waals surface area contributed by atoms with E-state index < -0.39 is 5.97 Å². The second kappa shape index (κ2) is 4.88. The number of aliphatic carboxylic acids is 1. The lowest BCUT2D eigenvalue weighted by Crippen LogP contribution is -2.07. The number of ketones is 1. The van der Waals surface area contributed by atoms with Gasteiger partial charge in [0.15, 0.2) is 0 Å². The van der Waals surface area contributed by atoms with Gasteiger partial charge in [-0.1, -0.05) is 13.8 Å². The van der Waals surface area contributed by atoms with Crippen LogP contribution < -0.4 is 0 Å².